The van der Waals surface area contributed by atoms with E-state index in [1.165, 1.54) is 83.5 Å². The third-order valence-corrected chi connectivity index (χ3v) is 4.68. The summed E-state index contributed by atoms with van der Waals surface area (Å²) in [6.45, 7) is 3.98. The van der Waals surface area contributed by atoms with Crippen molar-refractivity contribution in [3.63, 3.8) is 0 Å². The molecule has 0 heterocycles. The van der Waals surface area contributed by atoms with E-state index in [1.807, 2.05) is 0 Å². The molecule has 0 amide bonds. The minimum absolute atomic E-state index is 0.296. The summed E-state index contributed by atoms with van der Waals surface area (Å²) in [6.07, 6.45) is 19.8. The second-order valence-electron chi connectivity index (χ2n) is 6.63. The Balaban J connectivity index is 2.97. The molecule has 0 aliphatic rings. The van der Waals surface area contributed by atoms with Crippen molar-refractivity contribution in [3.8, 4) is 0 Å². The van der Waals surface area contributed by atoms with Gasteiger partial charge in [-0.05, 0) is 12.8 Å². The molecule has 0 aromatic carbocycles. The van der Waals surface area contributed by atoms with Crippen molar-refractivity contribution in [1.29, 1.82) is 0 Å². The molecule has 4 nitrogen and oxygen atoms in total. The lowest BCUT2D eigenvalue weighted by molar-refractivity contribution is 0.115. The summed E-state index contributed by atoms with van der Waals surface area (Å²) in [6, 6.07) is 0. The third-order valence-electron chi connectivity index (χ3n) is 4.28. The predicted molar refractivity (Wildman–Crippen MR) is 102 cm³/mol. The summed E-state index contributed by atoms with van der Waals surface area (Å²) < 4.78 is 20.3. The van der Waals surface area contributed by atoms with Gasteiger partial charge in [-0.25, -0.2) is 4.57 Å². The molecule has 145 valence electrons. The Morgan fingerprint density at radius 2 is 1.04 bits per heavy atom. The maximum atomic E-state index is 10.3. The number of ether oxygens (including phenoxy) is 1. The van der Waals surface area contributed by atoms with E-state index >= 15 is 0 Å². The highest BCUT2D eigenvalue weighted by Gasteiger charge is 1.96. The zero-order chi connectivity index (χ0) is 17.7. The Labute approximate surface area is 150 Å². The molecule has 0 spiro atoms. The molecular weight excluding hydrogens is 323 g/mol. The molecule has 0 aliphatic carbocycles. The van der Waals surface area contributed by atoms with Crippen LogP contribution in [0.15, 0.2) is 0 Å². The van der Waals surface area contributed by atoms with Crippen molar-refractivity contribution in [2.75, 3.05) is 19.8 Å². The van der Waals surface area contributed by atoms with Gasteiger partial charge in [0, 0.05) is 13.2 Å². The van der Waals surface area contributed by atoms with Crippen LogP contribution in [0, 0.1) is 0 Å². The van der Waals surface area contributed by atoms with Crippen LogP contribution < -0.4 is 0 Å². The molecule has 0 fully saturated rings. The molecule has 1 radical (unpaired) electrons. The summed E-state index contributed by atoms with van der Waals surface area (Å²) in [5.41, 5.74) is 0. The summed E-state index contributed by atoms with van der Waals surface area (Å²) in [7, 11) is -2.45. The van der Waals surface area contributed by atoms with Gasteiger partial charge in [0.15, 0.2) is 0 Å². The van der Waals surface area contributed by atoms with Gasteiger partial charge in [-0.15, -0.1) is 0 Å². The van der Waals surface area contributed by atoms with Gasteiger partial charge in [-0.2, -0.15) is 0 Å². The smallest absolute Gasteiger partial charge is 0.366 e. The van der Waals surface area contributed by atoms with Crippen molar-refractivity contribution in [2.45, 2.75) is 103 Å². The van der Waals surface area contributed by atoms with Crippen LogP contribution in [-0.2, 0) is 13.8 Å². The van der Waals surface area contributed by atoms with Gasteiger partial charge in [0.2, 0.25) is 0 Å². The van der Waals surface area contributed by atoms with Crippen molar-refractivity contribution >= 4 is 8.25 Å². The Bertz CT molecular complexity index is 262. The highest BCUT2D eigenvalue weighted by molar-refractivity contribution is 7.32. The summed E-state index contributed by atoms with van der Waals surface area (Å²) >= 11 is 0. The fourth-order valence-corrected chi connectivity index (χ4v) is 3.09. The Kier molecular flexibility index (Phi) is 21.0. The van der Waals surface area contributed by atoms with Crippen molar-refractivity contribution in [2.24, 2.45) is 0 Å². The number of hydrogen-bond acceptors (Lipinski definition) is 3. The van der Waals surface area contributed by atoms with Crippen LogP contribution in [0.3, 0.4) is 0 Å². The van der Waals surface area contributed by atoms with Gasteiger partial charge in [-0.1, -0.05) is 90.4 Å². The predicted octanol–water partition coefficient (Wildman–Crippen LogP) is 6.54. The lowest BCUT2D eigenvalue weighted by Crippen LogP contribution is -2.00. The van der Waals surface area contributed by atoms with Crippen LogP contribution in [0.4, 0.5) is 0 Å². The Hall–Kier alpha value is -0.0200. The summed E-state index contributed by atoms with van der Waals surface area (Å²) in [5, 5.41) is 0. The van der Waals surface area contributed by atoms with E-state index in [2.05, 4.69) is 11.4 Å². The Morgan fingerprint density at radius 1 is 0.625 bits per heavy atom. The molecule has 1 unspecified atom stereocenters. The average Bonchev–Trinajstić information content (AvgIpc) is 2.56. The summed E-state index contributed by atoms with van der Waals surface area (Å²) in [4.78, 5) is 8.44. The van der Waals surface area contributed by atoms with Crippen molar-refractivity contribution < 1.29 is 18.7 Å². The number of rotatable bonds is 20. The van der Waals surface area contributed by atoms with Gasteiger partial charge >= 0.3 is 8.25 Å². The van der Waals surface area contributed by atoms with Crippen LogP contribution in [0.5, 0.6) is 0 Å². The van der Waals surface area contributed by atoms with Gasteiger partial charge < -0.3 is 4.74 Å². The normalized spacial score (nSPS) is 11.8. The first kappa shape index (κ1) is 24.0. The van der Waals surface area contributed by atoms with E-state index in [0.29, 0.717) is 19.6 Å². The molecule has 0 aromatic heterocycles. The van der Waals surface area contributed by atoms with Gasteiger partial charge in [-0.3, -0.25) is 9.42 Å². The van der Waals surface area contributed by atoms with E-state index in [9.17, 15) is 4.57 Å². The van der Waals surface area contributed by atoms with Crippen LogP contribution in [0.1, 0.15) is 103 Å². The van der Waals surface area contributed by atoms with Gasteiger partial charge in [0.05, 0.1) is 6.61 Å². The average molecular weight is 363 g/mol. The molecule has 0 saturated carbocycles. The standard InChI is InChI=1S/C19H40O4P/c1-2-3-4-5-6-7-8-9-10-11-12-13-14-15-17-22-18-16-19-23-24(20)21/h2-19H2,1H3,(H,20,21). The SMILES string of the molecule is CCCCCCCCCCCCCCCCOCCCO[P](=O)O. The molecule has 0 rings (SSSR count). The second kappa shape index (κ2) is 21.0. The Morgan fingerprint density at radius 3 is 1.50 bits per heavy atom. The highest BCUT2D eigenvalue weighted by Crippen LogP contribution is 2.14. The van der Waals surface area contributed by atoms with Crippen LogP contribution in [0.2, 0.25) is 0 Å². The molecule has 1 N–H and O–H groups in total. The molecular formula is C19H40O4P. The second-order valence-corrected chi connectivity index (χ2v) is 7.37. The third kappa shape index (κ3) is 22.0. The van der Waals surface area contributed by atoms with E-state index in [0.717, 1.165) is 13.0 Å². The van der Waals surface area contributed by atoms with Gasteiger partial charge in [0.25, 0.3) is 0 Å². The maximum absolute atomic E-state index is 10.3. The lowest BCUT2D eigenvalue weighted by Gasteiger charge is -2.04. The fraction of sp³-hybridized carbons (Fsp3) is 1.00. The van der Waals surface area contributed by atoms with Crippen molar-refractivity contribution in [3.05, 3.63) is 0 Å². The zero-order valence-corrected chi connectivity index (χ0v) is 16.7. The van der Waals surface area contributed by atoms with Crippen LogP contribution >= 0.6 is 8.25 Å². The molecule has 0 aromatic rings. The monoisotopic (exact) mass is 363 g/mol. The molecule has 24 heavy (non-hydrogen) atoms. The van der Waals surface area contributed by atoms with Crippen molar-refractivity contribution in [1.82, 2.24) is 0 Å². The zero-order valence-electron chi connectivity index (χ0n) is 15.8. The summed E-state index contributed by atoms with van der Waals surface area (Å²) in [5.74, 6) is 0. The molecule has 5 heteroatoms. The quantitative estimate of drug-likeness (QED) is 0.197. The molecule has 1 atom stereocenters. The minimum Gasteiger partial charge on any atom is -0.381 e. The first-order valence-electron chi connectivity index (χ1n) is 10.1. The van der Waals surface area contributed by atoms with E-state index in [4.69, 9.17) is 9.63 Å². The molecule has 0 saturated heterocycles. The lowest BCUT2D eigenvalue weighted by atomic mass is 10.0. The first-order valence-corrected chi connectivity index (χ1v) is 11.3. The van der Waals surface area contributed by atoms with E-state index < -0.39 is 8.25 Å². The highest BCUT2D eigenvalue weighted by atomic mass is 31.1. The van der Waals surface area contributed by atoms with Crippen LogP contribution in [0.25, 0.3) is 0 Å². The van der Waals surface area contributed by atoms with Crippen LogP contribution in [-0.4, -0.2) is 24.7 Å². The molecule has 0 bridgehead atoms. The minimum atomic E-state index is -2.45. The first-order chi connectivity index (χ1) is 11.8. The molecule has 0 aliphatic heterocycles. The fourth-order valence-electron chi connectivity index (χ4n) is 2.80. The largest absolute Gasteiger partial charge is 0.381 e. The maximum Gasteiger partial charge on any atom is 0.366 e. The number of unbranched alkanes of at least 4 members (excludes halogenated alkanes) is 13. The topological polar surface area (TPSA) is 55.8 Å². The number of hydrogen-bond donors (Lipinski definition) is 1. The van der Waals surface area contributed by atoms with Gasteiger partial charge in [0.1, 0.15) is 0 Å². The van der Waals surface area contributed by atoms with E-state index in [-0.39, 0.29) is 0 Å². The van der Waals surface area contributed by atoms with E-state index in [1.54, 1.807) is 0 Å².